The predicted octanol–water partition coefficient (Wildman–Crippen LogP) is 1.94. The molecule has 0 radical (unpaired) electrons. The summed E-state index contributed by atoms with van der Waals surface area (Å²) in [5.41, 5.74) is 0.868. The maximum absolute atomic E-state index is 5.43. The summed E-state index contributed by atoms with van der Waals surface area (Å²) >= 11 is 0. The lowest BCUT2D eigenvalue weighted by atomic mass is 9.96. The number of aromatic nitrogens is 3. The number of fused-ring (bicyclic) bond motifs is 1. The summed E-state index contributed by atoms with van der Waals surface area (Å²) in [6, 6.07) is 5.88. The van der Waals surface area contributed by atoms with Crippen molar-refractivity contribution >= 4 is 5.65 Å². The van der Waals surface area contributed by atoms with Crippen molar-refractivity contribution in [2.75, 3.05) is 26.7 Å². The van der Waals surface area contributed by atoms with Crippen molar-refractivity contribution in [1.29, 1.82) is 0 Å². The molecule has 0 aromatic carbocycles. The molecular weight excluding hydrogens is 240 g/mol. The fraction of sp³-hybridized carbons (Fsp3) is 0.571. The van der Waals surface area contributed by atoms with Crippen molar-refractivity contribution < 1.29 is 4.74 Å². The zero-order valence-corrected chi connectivity index (χ0v) is 11.5. The number of pyridine rings is 1. The largest absolute Gasteiger partial charge is 0.482 e. The van der Waals surface area contributed by atoms with Gasteiger partial charge in [-0.3, -0.25) is 0 Å². The van der Waals surface area contributed by atoms with Crippen LogP contribution in [-0.4, -0.2) is 46.2 Å². The number of likely N-dealkylation sites (tertiary alicyclic amines) is 1. The first-order valence-corrected chi connectivity index (χ1v) is 6.94. The lowest BCUT2D eigenvalue weighted by Crippen LogP contribution is -2.33. The Kier molecular flexibility index (Phi) is 3.38. The average molecular weight is 260 g/mol. The first kappa shape index (κ1) is 12.4. The summed E-state index contributed by atoms with van der Waals surface area (Å²) in [6.07, 6.45) is 2.29. The van der Waals surface area contributed by atoms with Crippen LogP contribution in [0.3, 0.4) is 0 Å². The topological polar surface area (TPSA) is 42.7 Å². The number of hydrogen-bond acceptors (Lipinski definition) is 4. The molecule has 0 spiro atoms. The van der Waals surface area contributed by atoms with Crippen molar-refractivity contribution in [3.05, 3.63) is 24.0 Å². The van der Waals surface area contributed by atoms with E-state index >= 15 is 0 Å². The molecule has 3 heterocycles. The molecule has 0 atom stereocenters. The van der Waals surface area contributed by atoms with Gasteiger partial charge in [0.05, 0.1) is 7.11 Å². The fourth-order valence-electron chi connectivity index (χ4n) is 2.86. The van der Waals surface area contributed by atoms with Gasteiger partial charge < -0.3 is 9.64 Å². The van der Waals surface area contributed by atoms with Gasteiger partial charge in [0.25, 0.3) is 0 Å². The molecule has 3 rings (SSSR count). The van der Waals surface area contributed by atoms with Crippen LogP contribution in [0, 0.1) is 0 Å². The van der Waals surface area contributed by atoms with Crippen LogP contribution >= 0.6 is 0 Å². The minimum Gasteiger partial charge on any atom is -0.482 e. The van der Waals surface area contributed by atoms with Crippen molar-refractivity contribution in [2.24, 2.45) is 0 Å². The molecule has 0 unspecified atom stereocenters. The Morgan fingerprint density at radius 2 is 2.05 bits per heavy atom. The van der Waals surface area contributed by atoms with Gasteiger partial charge in [0, 0.05) is 5.92 Å². The molecule has 0 amide bonds. The van der Waals surface area contributed by atoms with Gasteiger partial charge in [-0.25, -0.2) is 4.40 Å². The maximum Gasteiger partial charge on any atom is 0.200 e. The third kappa shape index (κ3) is 2.18. The van der Waals surface area contributed by atoms with Gasteiger partial charge in [-0.2, -0.15) is 0 Å². The molecule has 1 aliphatic heterocycles. The van der Waals surface area contributed by atoms with E-state index in [9.17, 15) is 0 Å². The van der Waals surface area contributed by atoms with E-state index in [1.807, 2.05) is 22.6 Å². The van der Waals surface area contributed by atoms with Crippen LogP contribution in [0.2, 0.25) is 0 Å². The quantitative estimate of drug-likeness (QED) is 0.846. The highest BCUT2D eigenvalue weighted by atomic mass is 16.5. The van der Waals surface area contributed by atoms with Crippen LogP contribution in [0.4, 0.5) is 0 Å². The monoisotopic (exact) mass is 260 g/mol. The second-order valence-electron chi connectivity index (χ2n) is 5.03. The zero-order chi connectivity index (χ0) is 13.2. The Morgan fingerprint density at radius 1 is 1.26 bits per heavy atom. The van der Waals surface area contributed by atoms with Crippen molar-refractivity contribution in [2.45, 2.75) is 25.7 Å². The minimum absolute atomic E-state index is 0.481. The van der Waals surface area contributed by atoms with Crippen molar-refractivity contribution in [1.82, 2.24) is 19.5 Å². The highest BCUT2D eigenvalue weighted by Gasteiger charge is 2.24. The molecule has 19 heavy (non-hydrogen) atoms. The summed E-state index contributed by atoms with van der Waals surface area (Å²) in [5, 5.41) is 8.65. The van der Waals surface area contributed by atoms with Crippen LogP contribution in [0.15, 0.2) is 18.2 Å². The Hall–Kier alpha value is -1.62. The number of methoxy groups -OCH3 is 1. The third-order valence-corrected chi connectivity index (χ3v) is 4.03. The van der Waals surface area contributed by atoms with Gasteiger partial charge in [0.15, 0.2) is 5.65 Å². The van der Waals surface area contributed by atoms with Crippen LogP contribution in [0.5, 0.6) is 5.88 Å². The highest BCUT2D eigenvalue weighted by Crippen LogP contribution is 2.29. The second-order valence-corrected chi connectivity index (χ2v) is 5.03. The second kappa shape index (κ2) is 5.17. The van der Waals surface area contributed by atoms with Gasteiger partial charge >= 0.3 is 0 Å². The summed E-state index contributed by atoms with van der Waals surface area (Å²) in [5.74, 6) is 2.34. The van der Waals surface area contributed by atoms with E-state index in [2.05, 4.69) is 22.0 Å². The lowest BCUT2D eigenvalue weighted by Gasteiger charge is -2.30. The van der Waals surface area contributed by atoms with Crippen LogP contribution in [0.1, 0.15) is 31.5 Å². The van der Waals surface area contributed by atoms with E-state index in [4.69, 9.17) is 4.74 Å². The minimum atomic E-state index is 0.481. The molecule has 0 bridgehead atoms. The van der Waals surface area contributed by atoms with E-state index in [-0.39, 0.29) is 0 Å². The maximum atomic E-state index is 5.43. The molecule has 5 nitrogen and oxygen atoms in total. The van der Waals surface area contributed by atoms with Crippen molar-refractivity contribution in [3.8, 4) is 5.88 Å². The van der Waals surface area contributed by atoms with Gasteiger partial charge in [-0.15, -0.1) is 10.2 Å². The van der Waals surface area contributed by atoms with Crippen LogP contribution in [0.25, 0.3) is 5.65 Å². The molecule has 1 aliphatic rings. The molecular formula is C14H20N4O. The zero-order valence-electron chi connectivity index (χ0n) is 11.5. The molecule has 2 aromatic heterocycles. The van der Waals surface area contributed by atoms with Gasteiger partial charge in [-0.05, 0) is 44.6 Å². The smallest absolute Gasteiger partial charge is 0.200 e. The summed E-state index contributed by atoms with van der Waals surface area (Å²) < 4.78 is 7.48. The summed E-state index contributed by atoms with van der Waals surface area (Å²) in [7, 11) is 1.69. The van der Waals surface area contributed by atoms with Crippen molar-refractivity contribution in [3.63, 3.8) is 0 Å². The Balaban J connectivity index is 1.93. The molecule has 5 heteroatoms. The van der Waals surface area contributed by atoms with E-state index < -0.39 is 0 Å². The first-order valence-electron chi connectivity index (χ1n) is 6.94. The molecule has 0 N–H and O–H groups in total. The fourth-order valence-corrected chi connectivity index (χ4v) is 2.86. The predicted molar refractivity (Wildman–Crippen MR) is 73.6 cm³/mol. The molecule has 2 aromatic rings. The molecule has 1 saturated heterocycles. The summed E-state index contributed by atoms with van der Waals surface area (Å²) in [6.45, 7) is 5.64. The summed E-state index contributed by atoms with van der Waals surface area (Å²) in [4.78, 5) is 2.48. The van der Waals surface area contributed by atoms with Crippen LogP contribution < -0.4 is 4.74 Å². The number of ether oxygens (including phenoxy) is 1. The Labute approximate surface area is 113 Å². The Morgan fingerprint density at radius 3 is 2.74 bits per heavy atom. The lowest BCUT2D eigenvalue weighted by molar-refractivity contribution is 0.218. The average Bonchev–Trinajstić information content (AvgIpc) is 2.91. The third-order valence-electron chi connectivity index (χ3n) is 4.03. The Bertz CT molecular complexity index is 558. The van der Waals surface area contributed by atoms with E-state index in [0.717, 1.165) is 49.8 Å². The molecule has 0 saturated carbocycles. The van der Waals surface area contributed by atoms with Gasteiger partial charge in [0.2, 0.25) is 5.88 Å². The van der Waals surface area contributed by atoms with Gasteiger partial charge in [0.1, 0.15) is 5.82 Å². The molecule has 102 valence electrons. The first-order chi connectivity index (χ1) is 9.33. The van der Waals surface area contributed by atoms with E-state index in [1.54, 1.807) is 7.11 Å². The highest BCUT2D eigenvalue weighted by molar-refractivity contribution is 5.42. The number of rotatable bonds is 3. The van der Waals surface area contributed by atoms with Gasteiger partial charge in [-0.1, -0.05) is 13.0 Å². The number of hydrogen-bond donors (Lipinski definition) is 0. The molecule has 1 fully saturated rings. The normalized spacial score (nSPS) is 18.0. The molecule has 0 aliphatic carbocycles. The number of piperidine rings is 1. The van der Waals surface area contributed by atoms with E-state index in [1.165, 1.54) is 0 Å². The standard InChI is InChI=1S/C14H20N4O/c1-3-17-9-7-11(8-10-17)14-16-15-12-5-4-6-13(19-2)18(12)14/h4-6,11H,3,7-10H2,1-2H3. The SMILES string of the molecule is CCN1CCC(c2nnc3cccc(OC)n23)CC1. The number of nitrogens with zero attached hydrogens (tertiary/aromatic N) is 4. The van der Waals surface area contributed by atoms with E-state index in [0.29, 0.717) is 5.92 Å². The van der Waals surface area contributed by atoms with Crippen LogP contribution in [-0.2, 0) is 0 Å².